The van der Waals surface area contributed by atoms with E-state index in [1.807, 2.05) is 24.3 Å². The van der Waals surface area contributed by atoms with Crippen molar-refractivity contribution in [2.75, 3.05) is 24.5 Å². The van der Waals surface area contributed by atoms with Crippen molar-refractivity contribution >= 4 is 23.5 Å². The zero-order valence-corrected chi connectivity index (χ0v) is 15.6. The fourth-order valence-electron chi connectivity index (χ4n) is 3.82. The van der Waals surface area contributed by atoms with Crippen LogP contribution in [0.1, 0.15) is 38.2 Å². The Balaban J connectivity index is 1.62. The zero-order valence-electron chi connectivity index (χ0n) is 15.6. The summed E-state index contributed by atoms with van der Waals surface area (Å²) in [4.78, 5) is 39.5. The van der Waals surface area contributed by atoms with Crippen LogP contribution in [0.3, 0.4) is 0 Å². The minimum absolute atomic E-state index is 0.0113. The average molecular weight is 374 g/mol. The van der Waals surface area contributed by atoms with Crippen molar-refractivity contribution < 1.29 is 24.6 Å². The van der Waals surface area contributed by atoms with Gasteiger partial charge in [-0.25, -0.2) is 4.79 Å². The molecule has 7 heteroatoms. The van der Waals surface area contributed by atoms with E-state index in [1.165, 1.54) is 5.56 Å². The number of amides is 2. The first-order valence-electron chi connectivity index (χ1n) is 9.48. The van der Waals surface area contributed by atoms with Gasteiger partial charge in [0.2, 0.25) is 11.8 Å². The molecule has 2 aliphatic rings. The van der Waals surface area contributed by atoms with Crippen LogP contribution in [0, 0.1) is 5.92 Å². The lowest BCUT2D eigenvalue weighted by atomic mass is 9.91. The Labute approximate surface area is 158 Å². The van der Waals surface area contributed by atoms with Gasteiger partial charge in [0.25, 0.3) is 0 Å². The van der Waals surface area contributed by atoms with Gasteiger partial charge in [-0.2, -0.15) is 0 Å². The summed E-state index contributed by atoms with van der Waals surface area (Å²) in [5, 5.41) is 19.1. The maximum absolute atomic E-state index is 12.8. The smallest absolute Gasteiger partial charge is 0.335 e. The Bertz CT molecular complexity index is 722. The number of aliphatic hydroxyl groups is 1. The minimum atomic E-state index is -1.76. The predicted molar refractivity (Wildman–Crippen MR) is 99.3 cm³/mol. The number of hydrogen-bond acceptors (Lipinski definition) is 4. The van der Waals surface area contributed by atoms with Gasteiger partial charge in [0, 0.05) is 44.6 Å². The molecule has 2 heterocycles. The molecule has 0 aromatic heterocycles. The molecule has 1 unspecified atom stereocenters. The molecule has 0 spiro atoms. The maximum Gasteiger partial charge on any atom is 0.335 e. The Kier molecular flexibility index (Phi) is 5.51. The topological polar surface area (TPSA) is 98.2 Å². The molecule has 1 aromatic carbocycles. The first-order chi connectivity index (χ1) is 12.8. The van der Waals surface area contributed by atoms with E-state index in [4.69, 9.17) is 5.11 Å². The van der Waals surface area contributed by atoms with Crippen molar-refractivity contribution in [1.29, 1.82) is 0 Å². The number of carboxylic acids is 1. The molecule has 2 saturated heterocycles. The van der Waals surface area contributed by atoms with Gasteiger partial charge in [0.1, 0.15) is 0 Å². The molecule has 0 radical (unpaired) electrons. The van der Waals surface area contributed by atoms with Crippen molar-refractivity contribution in [2.24, 2.45) is 5.92 Å². The molecule has 2 N–H and O–H groups in total. The molecule has 7 nitrogen and oxygen atoms in total. The third-order valence-corrected chi connectivity index (χ3v) is 5.56. The highest BCUT2D eigenvalue weighted by atomic mass is 16.4. The van der Waals surface area contributed by atoms with Gasteiger partial charge in [0.05, 0.1) is 5.92 Å². The molecular formula is C20H26N2O5. The van der Waals surface area contributed by atoms with Gasteiger partial charge in [-0.05, 0) is 24.1 Å². The fraction of sp³-hybridized carbons (Fsp3) is 0.550. The van der Waals surface area contributed by atoms with Crippen LogP contribution < -0.4 is 4.90 Å². The molecule has 27 heavy (non-hydrogen) atoms. The normalized spacial score (nSPS) is 22.1. The summed E-state index contributed by atoms with van der Waals surface area (Å²) >= 11 is 0. The first kappa shape index (κ1) is 19.4. The highest BCUT2D eigenvalue weighted by molar-refractivity contribution is 6.00. The molecule has 1 aromatic rings. The Hall–Kier alpha value is -2.41. The van der Waals surface area contributed by atoms with E-state index in [0.29, 0.717) is 6.54 Å². The van der Waals surface area contributed by atoms with Gasteiger partial charge in [-0.1, -0.05) is 25.5 Å². The van der Waals surface area contributed by atoms with Gasteiger partial charge < -0.3 is 20.0 Å². The van der Waals surface area contributed by atoms with E-state index in [0.717, 1.165) is 18.5 Å². The van der Waals surface area contributed by atoms with Crippen molar-refractivity contribution in [3.05, 3.63) is 29.8 Å². The minimum Gasteiger partial charge on any atom is -0.479 e. The number of carbonyl (C=O) groups excluding carboxylic acids is 2. The van der Waals surface area contributed by atoms with Crippen molar-refractivity contribution in [2.45, 2.75) is 44.6 Å². The van der Waals surface area contributed by atoms with Gasteiger partial charge in [0.15, 0.2) is 5.60 Å². The van der Waals surface area contributed by atoms with Gasteiger partial charge in [-0.3, -0.25) is 9.59 Å². The highest BCUT2D eigenvalue weighted by Gasteiger charge is 2.43. The second-order valence-corrected chi connectivity index (χ2v) is 7.48. The second kappa shape index (κ2) is 7.68. The van der Waals surface area contributed by atoms with Crippen LogP contribution in [-0.4, -0.2) is 58.1 Å². The van der Waals surface area contributed by atoms with E-state index in [-0.39, 0.29) is 44.2 Å². The number of anilines is 1. The van der Waals surface area contributed by atoms with Crippen molar-refractivity contribution in [3.63, 3.8) is 0 Å². The Morgan fingerprint density at radius 1 is 1.19 bits per heavy atom. The van der Waals surface area contributed by atoms with Crippen LogP contribution in [0.15, 0.2) is 24.3 Å². The lowest BCUT2D eigenvalue weighted by Gasteiger charge is -2.36. The summed E-state index contributed by atoms with van der Waals surface area (Å²) < 4.78 is 0. The largest absolute Gasteiger partial charge is 0.479 e. The number of benzene rings is 1. The molecule has 2 amide bonds. The second-order valence-electron chi connectivity index (χ2n) is 7.48. The quantitative estimate of drug-likeness (QED) is 0.812. The molecule has 0 bridgehead atoms. The van der Waals surface area contributed by atoms with Crippen LogP contribution in [-0.2, 0) is 20.8 Å². The zero-order chi connectivity index (χ0) is 19.6. The van der Waals surface area contributed by atoms with E-state index in [9.17, 15) is 19.5 Å². The van der Waals surface area contributed by atoms with Crippen LogP contribution in [0.2, 0.25) is 0 Å². The Morgan fingerprint density at radius 3 is 2.37 bits per heavy atom. The summed E-state index contributed by atoms with van der Waals surface area (Å²) in [6.07, 6.45) is 2.24. The molecule has 3 rings (SSSR count). The fourth-order valence-corrected chi connectivity index (χ4v) is 3.82. The lowest BCUT2D eigenvalue weighted by Crippen LogP contribution is -2.52. The molecule has 2 fully saturated rings. The number of rotatable bonds is 5. The molecule has 146 valence electrons. The van der Waals surface area contributed by atoms with E-state index >= 15 is 0 Å². The predicted octanol–water partition coefficient (Wildman–Crippen LogP) is 1.43. The summed E-state index contributed by atoms with van der Waals surface area (Å²) in [5.41, 5.74) is 0.267. The summed E-state index contributed by atoms with van der Waals surface area (Å²) in [7, 11) is 0. The summed E-state index contributed by atoms with van der Waals surface area (Å²) in [6.45, 7) is 2.84. The SMILES string of the molecule is CCCc1ccc(N2CC(C(=O)N3CCC(O)(C(=O)O)CC3)CC2=O)cc1. The molecule has 0 aliphatic carbocycles. The number of carbonyl (C=O) groups is 3. The number of hydrogen-bond donors (Lipinski definition) is 2. The van der Waals surface area contributed by atoms with E-state index in [2.05, 4.69) is 6.92 Å². The van der Waals surface area contributed by atoms with E-state index in [1.54, 1.807) is 9.80 Å². The van der Waals surface area contributed by atoms with Crippen LogP contribution in [0.25, 0.3) is 0 Å². The van der Waals surface area contributed by atoms with Gasteiger partial charge >= 0.3 is 5.97 Å². The van der Waals surface area contributed by atoms with Crippen LogP contribution >= 0.6 is 0 Å². The maximum atomic E-state index is 12.8. The third-order valence-electron chi connectivity index (χ3n) is 5.56. The van der Waals surface area contributed by atoms with Crippen molar-refractivity contribution in [3.8, 4) is 0 Å². The number of piperidine rings is 1. The first-order valence-corrected chi connectivity index (χ1v) is 9.48. The highest BCUT2D eigenvalue weighted by Crippen LogP contribution is 2.29. The van der Waals surface area contributed by atoms with Gasteiger partial charge in [-0.15, -0.1) is 0 Å². The molecule has 1 atom stereocenters. The lowest BCUT2D eigenvalue weighted by molar-refractivity contribution is -0.165. The van der Waals surface area contributed by atoms with Crippen molar-refractivity contribution in [1.82, 2.24) is 4.90 Å². The molecular weight excluding hydrogens is 348 g/mol. The summed E-state index contributed by atoms with van der Waals surface area (Å²) in [5.74, 6) is -1.89. The number of nitrogens with zero attached hydrogens (tertiary/aromatic N) is 2. The van der Waals surface area contributed by atoms with Crippen LogP contribution in [0.5, 0.6) is 0 Å². The number of aryl methyl sites for hydroxylation is 1. The number of aliphatic carboxylic acids is 1. The third kappa shape index (κ3) is 3.98. The standard InChI is InChI=1S/C20H26N2O5/c1-2-3-14-4-6-16(7-5-14)22-13-15(12-17(22)23)18(24)21-10-8-20(27,9-11-21)19(25)26/h4-7,15,27H,2-3,8-13H2,1H3,(H,25,26). The number of carboxylic acid groups (broad SMARTS) is 1. The summed E-state index contributed by atoms with van der Waals surface area (Å²) in [6, 6.07) is 7.87. The monoisotopic (exact) mass is 374 g/mol. The number of likely N-dealkylation sites (tertiary alicyclic amines) is 1. The average Bonchev–Trinajstić information content (AvgIpc) is 3.04. The molecule has 0 saturated carbocycles. The van der Waals surface area contributed by atoms with Crippen LogP contribution in [0.4, 0.5) is 5.69 Å². The van der Waals surface area contributed by atoms with E-state index < -0.39 is 17.5 Å². The Morgan fingerprint density at radius 2 is 1.81 bits per heavy atom. The molecule has 2 aliphatic heterocycles.